The summed E-state index contributed by atoms with van der Waals surface area (Å²) in [4.78, 5) is 2.38. The Morgan fingerprint density at radius 2 is 2.28 bits per heavy atom. The third kappa shape index (κ3) is 3.58. The van der Waals surface area contributed by atoms with Gasteiger partial charge in [-0.05, 0) is 18.6 Å². The van der Waals surface area contributed by atoms with Gasteiger partial charge in [-0.3, -0.25) is 4.90 Å². The number of ether oxygens (including phenoxy) is 1. The zero-order chi connectivity index (χ0) is 12.8. The van der Waals surface area contributed by atoms with Gasteiger partial charge in [-0.2, -0.15) is 0 Å². The molecule has 1 aromatic carbocycles. The topological polar surface area (TPSA) is 32.7 Å². The standard InChI is InChI=1S/C15H19NO2/c1-13-11-16(8-10-18-13)12-15-6-3-2-5-14(15)7-4-9-17/h2-3,5-6,13,17H,8-12H2,1H3. The predicted molar refractivity (Wildman–Crippen MR) is 71.1 cm³/mol. The Morgan fingerprint density at radius 1 is 1.44 bits per heavy atom. The number of morpholine rings is 1. The first-order chi connectivity index (χ1) is 8.79. The van der Waals surface area contributed by atoms with Crippen LogP contribution < -0.4 is 0 Å². The van der Waals surface area contributed by atoms with Gasteiger partial charge in [-0.25, -0.2) is 0 Å². The van der Waals surface area contributed by atoms with E-state index in [2.05, 4.69) is 29.7 Å². The van der Waals surface area contributed by atoms with Gasteiger partial charge in [-0.15, -0.1) is 0 Å². The summed E-state index contributed by atoms with van der Waals surface area (Å²) in [7, 11) is 0. The first kappa shape index (κ1) is 13.1. The lowest BCUT2D eigenvalue weighted by Crippen LogP contribution is -2.40. The maximum Gasteiger partial charge on any atom is 0.104 e. The van der Waals surface area contributed by atoms with Crippen LogP contribution in [0.25, 0.3) is 0 Å². The Hall–Kier alpha value is -1.34. The third-order valence-corrected chi connectivity index (χ3v) is 3.04. The van der Waals surface area contributed by atoms with Crippen LogP contribution in [0.1, 0.15) is 18.1 Å². The molecule has 0 bridgehead atoms. The van der Waals surface area contributed by atoms with Crippen molar-refractivity contribution in [3.05, 3.63) is 35.4 Å². The molecule has 1 aliphatic heterocycles. The van der Waals surface area contributed by atoms with E-state index < -0.39 is 0 Å². The molecule has 1 N–H and O–H groups in total. The number of nitrogens with zero attached hydrogens (tertiary/aromatic N) is 1. The molecule has 0 radical (unpaired) electrons. The van der Waals surface area contributed by atoms with E-state index in [-0.39, 0.29) is 6.61 Å². The fourth-order valence-corrected chi connectivity index (χ4v) is 2.19. The SMILES string of the molecule is CC1CN(Cc2ccccc2C#CCO)CCO1. The lowest BCUT2D eigenvalue weighted by Gasteiger charge is -2.31. The summed E-state index contributed by atoms with van der Waals surface area (Å²) in [6.07, 6.45) is 0.300. The van der Waals surface area contributed by atoms with Gasteiger partial charge in [0.2, 0.25) is 0 Å². The fourth-order valence-electron chi connectivity index (χ4n) is 2.19. The molecule has 0 amide bonds. The predicted octanol–water partition coefficient (Wildman–Crippen LogP) is 1.25. The summed E-state index contributed by atoms with van der Waals surface area (Å²) >= 11 is 0. The minimum atomic E-state index is -0.0943. The molecular formula is C15H19NO2. The van der Waals surface area contributed by atoms with Crippen molar-refractivity contribution in [1.29, 1.82) is 0 Å². The second-order valence-corrected chi connectivity index (χ2v) is 4.53. The average molecular weight is 245 g/mol. The second kappa shape index (κ2) is 6.55. The fraction of sp³-hybridized carbons (Fsp3) is 0.467. The van der Waals surface area contributed by atoms with Gasteiger partial charge < -0.3 is 9.84 Å². The van der Waals surface area contributed by atoms with Crippen LogP contribution in [0.2, 0.25) is 0 Å². The Bertz CT molecular complexity index is 447. The van der Waals surface area contributed by atoms with Crippen molar-refractivity contribution in [3.8, 4) is 11.8 Å². The molecule has 1 fully saturated rings. The van der Waals surface area contributed by atoms with Crippen LogP contribution in [0.3, 0.4) is 0 Å². The first-order valence-corrected chi connectivity index (χ1v) is 6.31. The molecular weight excluding hydrogens is 226 g/mol. The Balaban J connectivity index is 2.08. The summed E-state index contributed by atoms with van der Waals surface area (Å²) in [5.41, 5.74) is 2.22. The summed E-state index contributed by atoms with van der Waals surface area (Å²) in [5, 5.41) is 8.77. The Kier molecular flexibility index (Phi) is 4.77. The molecule has 0 saturated carbocycles. The second-order valence-electron chi connectivity index (χ2n) is 4.53. The summed E-state index contributed by atoms with van der Waals surface area (Å²) in [6, 6.07) is 8.11. The molecule has 1 unspecified atom stereocenters. The Morgan fingerprint density at radius 3 is 3.06 bits per heavy atom. The molecule has 3 heteroatoms. The number of hydrogen-bond acceptors (Lipinski definition) is 3. The van der Waals surface area contributed by atoms with Crippen molar-refractivity contribution in [3.63, 3.8) is 0 Å². The molecule has 1 aliphatic rings. The highest BCUT2D eigenvalue weighted by Crippen LogP contribution is 2.13. The van der Waals surface area contributed by atoms with Crippen molar-refractivity contribution in [2.45, 2.75) is 19.6 Å². The van der Waals surface area contributed by atoms with Gasteiger partial charge in [0.1, 0.15) is 6.61 Å². The summed E-state index contributed by atoms with van der Waals surface area (Å²) in [6.45, 7) is 5.62. The van der Waals surface area contributed by atoms with Crippen LogP contribution in [0, 0.1) is 11.8 Å². The van der Waals surface area contributed by atoms with E-state index in [1.165, 1.54) is 5.56 Å². The third-order valence-electron chi connectivity index (χ3n) is 3.04. The molecule has 3 nitrogen and oxygen atoms in total. The Labute approximate surface area is 108 Å². The van der Waals surface area contributed by atoms with Crippen molar-refractivity contribution in [2.24, 2.45) is 0 Å². The molecule has 1 atom stereocenters. The molecule has 0 spiro atoms. The van der Waals surface area contributed by atoms with E-state index in [9.17, 15) is 0 Å². The normalized spacial score (nSPS) is 20.2. The maximum atomic E-state index is 8.77. The van der Waals surface area contributed by atoms with Gasteiger partial charge in [0.25, 0.3) is 0 Å². The molecule has 2 rings (SSSR count). The molecule has 0 aromatic heterocycles. The van der Waals surface area contributed by atoms with Crippen molar-refractivity contribution in [1.82, 2.24) is 4.90 Å². The zero-order valence-corrected chi connectivity index (χ0v) is 10.7. The van der Waals surface area contributed by atoms with E-state index in [1.54, 1.807) is 0 Å². The number of aliphatic hydroxyl groups excluding tert-OH is 1. The van der Waals surface area contributed by atoms with Crippen molar-refractivity contribution < 1.29 is 9.84 Å². The lowest BCUT2D eigenvalue weighted by molar-refractivity contribution is -0.0212. The lowest BCUT2D eigenvalue weighted by atomic mass is 10.1. The highest BCUT2D eigenvalue weighted by molar-refractivity contribution is 5.41. The first-order valence-electron chi connectivity index (χ1n) is 6.31. The summed E-state index contributed by atoms with van der Waals surface area (Å²) in [5.74, 6) is 5.72. The van der Waals surface area contributed by atoms with E-state index in [4.69, 9.17) is 9.84 Å². The van der Waals surface area contributed by atoms with Crippen LogP contribution in [0.4, 0.5) is 0 Å². The van der Waals surface area contributed by atoms with Gasteiger partial charge in [-0.1, -0.05) is 30.0 Å². The molecule has 1 heterocycles. The minimum absolute atomic E-state index is 0.0943. The number of rotatable bonds is 2. The number of hydrogen-bond donors (Lipinski definition) is 1. The van der Waals surface area contributed by atoms with Crippen LogP contribution in [-0.2, 0) is 11.3 Å². The van der Waals surface area contributed by atoms with E-state index in [0.29, 0.717) is 6.10 Å². The van der Waals surface area contributed by atoms with Crippen molar-refractivity contribution >= 4 is 0 Å². The molecule has 0 aliphatic carbocycles. The van der Waals surface area contributed by atoms with Crippen LogP contribution in [-0.4, -0.2) is 42.4 Å². The van der Waals surface area contributed by atoms with Gasteiger partial charge in [0.05, 0.1) is 12.7 Å². The quantitative estimate of drug-likeness (QED) is 0.796. The highest BCUT2D eigenvalue weighted by atomic mass is 16.5. The van der Waals surface area contributed by atoms with Crippen LogP contribution in [0.15, 0.2) is 24.3 Å². The van der Waals surface area contributed by atoms with E-state index in [1.807, 2.05) is 18.2 Å². The molecule has 96 valence electrons. The van der Waals surface area contributed by atoms with Crippen molar-refractivity contribution in [2.75, 3.05) is 26.3 Å². The monoisotopic (exact) mass is 245 g/mol. The zero-order valence-electron chi connectivity index (χ0n) is 10.7. The van der Waals surface area contributed by atoms with Crippen LogP contribution in [0.5, 0.6) is 0 Å². The molecule has 1 saturated heterocycles. The number of benzene rings is 1. The average Bonchev–Trinajstić information content (AvgIpc) is 2.38. The van der Waals surface area contributed by atoms with Crippen LogP contribution >= 0.6 is 0 Å². The minimum Gasteiger partial charge on any atom is -0.384 e. The number of aliphatic hydroxyl groups is 1. The summed E-state index contributed by atoms with van der Waals surface area (Å²) < 4.78 is 5.54. The maximum absolute atomic E-state index is 8.77. The van der Waals surface area contributed by atoms with E-state index in [0.717, 1.165) is 31.8 Å². The van der Waals surface area contributed by atoms with E-state index >= 15 is 0 Å². The highest BCUT2D eigenvalue weighted by Gasteiger charge is 2.17. The largest absolute Gasteiger partial charge is 0.384 e. The molecule has 18 heavy (non-hydrogen) atoms. The smallest absolute Gasteiger partial charge is 0.104 e. The van der Waals surface area contributed by atoms with Gasteiger partial charge in [0, 0.05) is 25.2 Å². The van der Waals surface area contributed by atoms with Gasteiger partial charge >= 0.3 is 0 Å². The van der Waals surface area contributed by atoms with Gasteiger partial charge in [0.15, 0.2) is 0 Å². The molecule has 1 aromatic rings.